The van der Waals surface area contributed by atoms with Crippen LogP contribution in [-0.2, 0) is 9.53 Å². The van der Waals surface area contributed by atoms with Crippen molar-refractivity contribution in [2.24, 2.45) is 0 Å². The number of carbonyl (C=O) groups excluding carboxylic acids is 1. The molecule has 1 fully saturated rings. The monoisotopic (exact) mass is 268 g/mol. The summed E-state index contributed by atoms with van der Waals surface area (Å²) in [6.07, 6.45) is 0. The Morgan fingerprint density at radius 1 is 1.56 bits per heavy atom. The second-order valence-electron chi connectivity index (χ2n) is 4.56. The summed E-state index contributed by atoms with van der Waals surface area (Å²) in [6.45, 7) is 7.36. The summed E-state index contributed by atoms with van der Waals surface area (Å²) in [7, 11) is 0. The van der Waals surface area contributed by atoms with Gasteiger partial charge < -0.3 is 15.0 Å². The Hall–Kier alpha value is -0.910. The van der Waals surface area contributed by atoms with Crippen molar-refractivity contribution in [2.45, 2.75) is 19.9 Å². The summed E-state index contributed by atoms with van der Waals surface area (Å²) in [4.78, 5) is 15.1. The standard InChI is InChI=1S/C13H20N2O2S/c1-10-3-8-18-13(10)11(2)14-9-12(16)15-4-6-17-7-5-15/h3,8,11,14H,4-7,9H2,1-2H3. The zero-order valence-electron chi connectivity index (χ0n) is 10.9. The molecule has 1 aromatic rings. The number of hydrogen-bond acceptors (Lipinski definition) is 4. The van der Waals surface area contributed by atoms with Crippen LogP contribution in [0.2, 0.25) is 0 Å². The molecule has 1 aliphatic rings. The van der Waals surface area contributed by atoms with Crippen LogP contribution in [0.25, 0.3) is 0 Å². The molecule has 0 bridgehead atoms. The summed E-state index contributed by atoms with van der Waals surface area (Å²) < 4.78 is 5.24. The molecule has 0 saturated carbocycles. The highest BCUT2D eigenvalue weighted by molar-refractivity contribution is 7.10. The average Bonchev–Trinajstić information content (AvgIpc) is 2.83. The van der Waals surface area contributed by atoms with Crippen LogP contribution in [0.15, 0.2) is 11.4 Å². The molecule has 2 rings (SSSR count). The zero-order valence-corrected chi connectivity index (χ0v) is 11.8. The van der Waals surface area contributed by atoms with Gasteiger partial charge in [0.1, 0.15) is 0 Å². The molecule has 4 nitrogen and oxygen atoms in total. The van der Waals surface area contributed by atoms with Crippen LogP contribution in [0.4, 0.5) is 0 Å². The molecule has 1 amide bonds. The second-order valence-corrected chi connectivity index (χ2v) is 5.51. The molecule has 1 aliphatic heterocycles. The maximum atomic E-state index is 12.0. The molecular weight excluding hydrogens is 248 g/mol. The average molecular weight is 268 g/mol. The van der Waals surface area contributed by atoms with Gasteiger partial charge in [0.25, 0.3) is 0 Å². The van der Waals surface area contributed by atoms with Gasteiger partial charge in [0.15, 0.2) is 0 Å². The normalized spacial score (nSPS) is 17.8. The Labute approximate surface area is 112 Å². The minimum Gasteiger partial charge on any atom is -0.378 e. The van der Waals surface area contributed by atoms with Gasteiger partial charge in [-0.25, -0.2) is 0 Å². The number of thiophene rings is 1. The van der Waals surface area contributed by atoms with Crippen molar-refractivity contribution in [3.63, 3.8) is 0 Å². The highest BCUT2D eigenvalue weighted by Crippen LogP contribution is 2.23. The van der Waals surface area contributed by atoms with Crippen LogP contribution >= 0.6 is 11.3 Å². The SMILES string of the molecule is Cc1ccsc1C(C)NCC(=O)N1CCOCC1. The van der Waals surface area contributed by atoms with Crippen molar-refractivity contribution < 1.29 is 9.53 Å². The molecule has 0 aliphatic carbocycles. The molecular formula is C13H20N2O2S. The van der Waals surface area contributed by atoms with Gasteiger partial charge in [-0.2, -0.15) is 0 Å². The fourth-order valence-electron chi connectivity index (χ4n) is 2.09. The lowest BCUT2D eigenvalue weighted by atomic mass is 10.2. The Bertz CT molecular complexity index is 399. The van der Waals surface area contributed by atoms with Crippen molar-refractivity contribution in [2.75, 3.05) is 32.8 Å². The van der Waals surface area contributed by atoms with Gasteiger partial charge in [0, 0.05) is 24.0 Å². The highest BCUT2D eigenvalue weighted by Gasteiger charge is 2.18. The highest BCUT2D eigenvalue weighted by atomic mass is 32.1. The van der Waals surface area contributed by atoms with Crippen LogP contribution in [0, 0.1) is 6.92 Å². The van der Waals surface area contributed by atoms with Crippen LogP contribution < -0.4 is 5.32 Å². The molecule has 1 N–H and O–H groups in total. The van der Waals surface area contributed by atoms with Crippen molar-refractivity contribution in [3.05, 3.63) is 21.9 Å². The third-order valence-electron chi connectivity index (χ3n) is 3.22. The Morgan fingerprint density at radius 2 is 2.28 bits per heavy atom. The maximum absolute atomic E-state index is 12.0. The lowest BCUT2D eigenvalue weighted by Crippen LogP contribution is -2.45. The first-order valence-corrected chi connectivity index (χ1v) is 7.19. The van der Waals surface area contributed by atoms with Gasteiger partial charge in [-0.15, -0.1) is 11.3 Å². The number of hydrogen-bond donors (Lipinski definition) is 1. The van der Waals surface area contributed by atoms with E-state index in [1.807, 2.05) is 4.90 Å². The smallest absolute Gasteiger partial charge is 0.236 e. The third-order valence-corrected chi connectivity index (χ3v) is 4.42. The van der Waals surface area contributed by atoms with Gasteiger partial charge in [0.05, 0.1) is 19.8 Å². The quantitative estimate of drug-likeness (QED) is 0.901. The lowest BCUT2D eigenvalue weighted by molar-refractivity contribution is -0.134. The molecule has 0 spiro atoms. The molecule has 1 saturated heterocycles. The second kappa shape index (κ2) is 6.31. The van der Waals surface area contributed by atoms with E-state index < -0.39 is 0 Å². The fraction of sp³-hybridized carbons (Fsp3) is 0.615. The number of ether oxygens (including phenoxy) is 1. The molecule has 1 atom stereocenters. The topological polar surface area (TPSA) is 41.6 Å². The predicted molar refractivity (Wildman–Crippen MR) is 72.9 cm³/mol. The maximum Gasteiger partial charge on any atom is 0.236 e. The summed E-state index contributed by atoms with van der Waals surface area (Å²) in [5.41, 5.74) is 1.29. The Morgan fingerprint density at radius 3 is 2.89 bits per heavy atom. The van der Waals surface area contributed by atoms with E-state index in [9.17, 15) is 4.79 Å². The van der Waals surface area contributed by atoms with Crippen LogP contribution in [0.3, 0.4) is 0 Å². The number of carbonyl (C=O) groups is 1. The fourth-order valence-corrected chi connectivity index (χ4v) is 3.05. The van der Waals surface area contributed by atoms with Gasteiger partial charge >= 0.3 is 0 Å². The van der Waals surface area contributed by atoms with Crippen LogP contribution in [-0.4, -0.2) is 43.7 Å². The molecule has 0 aromatic carbocycles. The van der Waals surface area contributed by atoms with Crippen molar-refractivity contribution in [1.29, 1.82) is 0 Å². The largest absolute Gasteiger partial charge is 0.378 e. The van der Waals surface area contributed by atoms with E-state index in [-0.39, 0.29) is 11.9 Å². The van der Waals surface area contributed by atoms with Gasteiger partial charge in [-0.3, -0.25) is 4.79 Å². The third kappa shape index (κ3) is 3.31. The number of aryl methyl sites for hydroxylation is 1. The molecule has 2 heterocycles. The first kappa shape index (κ1) is 13.5. The number of amides is 1. The number of rotatable bonds is 4. The van der Waals surface area contributed by atoms with Crippen LogP contribution in [0.5, 0.6) is 0 Å². The first-order valence-electron chi connectivity index (χ1n) is 6.31. The Balaban J connectivity index is 1.80. The molecule has 1 unspecified atom stereocenters. The minimum absolute atomic E-state index is 0.166. The van der Waals surface area contributed by atoms with E-state index >= 15 is 0 Å². The van der Waals surface area contributed by atoms with E-state index in [0.717, 1.165) is 0 Å². The van der Waals surface area contributed by atoms with E-state index in [1.54, 1.807) is 11.3 Å². The van der Waals surface area contributed by atoms with Gasteiger partial charge in [-0.05, 0) is 30.9 Å². The minimum atomic E-state index is 0.166. The van der Waals surface area contributed by atoms with Crippen LogP contribution in [0.1, 0.15) is 23.4 Å². The van der Waals surface area contributed by atoms with Crippen molar-refractivity contribution in [3.8, 4) is 0 Å². The lowest BCUT2D eigenvalue weighted by Gasteiger charge is -2.27. The molecule has 18 heavy (non-hydrogen) atoms. The number of nitrogens with zero attached hydrogens (tertiary/aromatic N) is 1. The van der Waals surface area contributed by atoms with Gasteiger partial charge in [-0.1, -0.05) is 0 Å². The summed E-state index contributed by atoms with van der Waals surface area (Å²) in [5, 5.41) is 5.39. The number of nitrogens with one attached hydrogen (secondary N) is 1. The molecule has 100 valence electrons. The summed E-state index contributed by atoms with van der Waals surface area (Å²) in [6, 6.07) is 2.34. The van der Waals surface area contributed by atoms with Gasteiger partial charge in [0.2, 0.25) is 5.91 Å². The van der Waals surface area contributed by atoms with E-state index in [0.29, 0.717) is 32.8 Å². The zero-order chi connectivity index (χ0) is 13.0. The van der Waals surface area contributed by atoms with Crippen molar-refractivity contribution >= 4 is 17.2 Å². The van der Waals surface area contributed by atoms with E-state index in [4.69, 9.17) is 4.74 Å². The molecule has 0 radical (unpaired) electrons. The van der Waals surface area contributed by atoms with Crippen molar-refractivity contribution in [1.82, 2.24) is 10.2 Å². The number of morpholine rings is 1. The molecule has 1 aromatic heterocycles. The van der Waals surface area contributed by atoms with E-state index in [1.165, 1.54) is 10.4 Å². The van der Waals surface area contributed by atoms with E-state index in [2.05, 4.69) is 30.6 Å². The summed E-state index contributed by atoms with van der Waals surface area (Å²) in [5.74, 6) is 0.166. The predicted octanol–water partition coefficient (Wildman–Crippen LogP) is 1.57. The summed E-state index contributed by atoms with van der Waals surface area (Å²) >= 11 is 1.74. The first-order chi connectivity index (χ1) is 8.68. The molecule has 5 heteroatoms. The Kier molecular flexibility index (Phi) is 4.74.